The molecule has 0 aliphatic carbocycles. The summed E-state index contributed by atoms with van der Waals surface area (Å²) in [7, 11) is 0. The van der Waals surface area contributed by atoms with E-state index in [1.165, 1.54) is 5.69 Å². The second-order valence-corrected chi connectivity index (χ2v) is 7.56. The van der Waals surface area contributed by atoms with Crippen LogP contribution < -0.4 is 4.90 Å². The van der Waals surface area contributed by atoms with E-state index in [0.717, 1.165) is 42.0 Å². The van der Waals surface area contributed by atoms with Crippen molar-refractivity contribution in [2.75, 3.05) is 31.1 Å². The number of carbonyl (C=O) groups is 1. The summed E-state index contributed by atoms with van der Waals surface area (Å²) in [5.74, 6) is 0.0589. The molecule has 2 aromatic carbocycles. The van der Waals surface area contributed by atoms with Crippen LogP contribution in [-0.2, 0) is 0 Å². The van der Waals surface area contributed by atoms with Crippen LogP contribution in [0.4, 0.5) is 5.69 Å². The number of halogens is 1. The number of amides is 1. The molecule has 1 aliphatic heterocycles. The highest BCUT2D eigenvalue weighted by Gasteiger charge is 2.25. The van der Waals surface area contributed by atoms with E-state index >= 15 is 0 Å². The number of aromatic nitrogens is 2. The van der Waals surface area contributed by atoms with Crippen LogP contribution in [-0.4, -0.2) is 46.8 Å². The van der Waals surface area contributed by atoms with Crippen molar-refractivity contribution < 1.29 is 4.79 Å². The fourth-order valence-electron chi connectivity index (χ4n) is 3.44. The van der Waals surface area contributed by atoms with Gasteiger partial charge in [0.25, 0.3) is 5.91 Å². The lowest BCUT2D eigenvalue weighted by Gasteiger charge is -2.36. The van der Waals surface area contributed by atoms with Gasteiger partial charge in [0.05, 0.1) is 23.1 Å². The molecule has 0 radical (unpaired) electrons. The first-order valence-corrected chi connectivity index (χ1v) is 9.82. The number of para-hydroxylation sites is 1. The molecular formula is C21H21BrN4O. The highest BCUT2D eigenvalue weighted by atomic mass is 79.9. The van der Waals surface area contributed by atoms with E-state index in [-0.39, 0.29) is 5.91 Å². The average molecular weight is 425 g/mol. The fourth-order valence-corrected chi connectivity index (χ4v) is 3.70. The Morgan fingerprint density at radius 2 is 1.59 bits per heavy atom. The molecule has 0 unspecified atom stereocenters. The van der Waals surface area contributed by atoms with Crippen molar-refractivity contribution in [2.45, 2.75) is 6.92 Å². The number of piperazine rings is 1. The van der Waals surface area contributed by atoms with Crippen LogP contribution in [0.1, 0.15) is 16.1 Å². The highest BCUT2D eigenvalue weighted by Crippen LogP contribution is 2.20. The lowest BCUT2D eigenvalue weighted by Crippen LogP contribution is -2.48. The summed E-state index contributed by atoms with van der Waals surface area (Å²) in [6, 6.07) is 18.3. The summed E-state index contributed by atoms with van der Waals surface area (Å²) in [6.45, 7) is 5.07. The predicted molar refractivity (Wildman–Crippen MR) is 111 cm³/mol. The molecule has 1 fully saturated rings. The van der Waals surface area contributed by atoms with Gasteiger partial charge in [-0.05, 0) is 43.3 Å². The van der Waals surface area contributed by atoms with Gasteiger partial charge in [-0.1, -0.05) is 34.1 Å². The van der Waals surface area contributed by atoms with Crippen LogP contribution in [0.2, 0.25) is 0 Å². The monoisotopic (exact) mass is 424 g/mol. The van der Waals surface area contributed by atoms with E-state index in [4.69, 9.17) is 0 Å². The molecular weight excluding hydrogens is 404 g/mol. The topological polar surface area (TPSA) is 41.4 Å². The zero-order valence-electron chi connectivity index (χ0n) is 15.2. The molecule has 1 saturated heterocycles. The Morgan fingerprint density at radius 3 is 2.26 bits per heavy atom. The van der Waals surface area contributed by atoms with Crippen LogP contribution in [0.25, 0.3) is 5.69 Å². The largest absolute Gasteiger partial charge is 0.368 e. The second kappa shape index (κ2) is 7.56. The van der Waals surface area contributed by atoms with E-state index in [0.29, 0.717) is 5.56 Å². The van der Waals surface area contributed by atoms with Gasteiger partial charge in [-0.15, -0.1) is 0 Å². The SMILES string of the molecule is Cc1c(C(=O)N2CCN(c3ccccc3)CC2)cnn1-c1ccc(Br)cc1. The molecule has 0 spiro atoms. The van der Waals surface area contributed by atoms with E-state index in [9.17, 15) is 4.79 Å². The maximum atomic E-state index is 13.0. The van der Waals surface area contributed by atoms with Gasteiger partial charge in [0, 0.05) is 36.3 Å². The molecule has 3 aromatic rings. The highest BCUT2D eigenvalue weighted by molar-refractivity contribution is 9.10. The van der Waals surface area contributed by atoms with E-state index in [1.54, 1.807) is 6.20 Å². The standard InChI is InChI=1S/C21H21BrN4O/c1-16-20(15-23-26(16)19-9-7-17(22)8-10-19)21(27)25-13-11-24(12-14-25)18-5-3-2-4-6-18/h2-10,15H,11-14H2,1H3. The number of benzene rings is 2. The second-order valence-electron chi connectivity index (χ2n) is 6.65. The molecule has 0 saturated carbocycles. The smallest absolute Gasteiger partial charge is 0.257 e. The van der Waals surface area contributed by atoms with Crippen molar-refractivity contribution in [3.05, 3.63) is 76.5 Å². The first-order chi connectivity index (χ1) is 13.1. The van der Waals surface area contributed by atoms with Gasteiger partial charge < -0.3 is 9.80 Å². The number of nitrogens with zero attached hydrogens (tertiary/aromatic N) is 4. The third kappa shape index (κ3) is 3.62. The summed E-state index contributed by atoms with van der Waals surface area (Å²) in [4.78, 5) is 17.3. The van der Waals surface area contributed by atoms with E-state index in [1.807, 2.05) is 59.0 Å². The lowest BCUT2D eigenvalue weighted by atomic mass is 10.2. The number of hydrogen-bond donors (Lipinski definition) is 0. The van der Waals surface area contributed by atoms with Gasteiger partial charge >= 0.3 is 0 Å². The van der Waals surface area contributed by atoms with Crippen molar-refractivity contribution in [3.63, 3.8) is 0 Å². The Morgan fingerprint density at radius 1 is 0.926 bits per heavy atom. The van der Waals surface area contributed by atoms with Crippen LogP contribution in [0.15, 0.2) is 65.3 Å². The van der Waals surface area contributed by atoms with Crippen molar-refractivity contribution >= 4 is 27.5 Å². The summed E-state index contributed by atoms with van der Waals surface area (Å²) in [5, 5.41) is 4.44. The predicted octanol–water partition coefficient (Wildman–Crippen LogP) is 3.91. The zero-order valence-corrected chi connectivity index (χ0v) is 16.8. The molecule has 1 aliphatic rings. The van der Waals surface area contributed by atoms with E-state index in [2.05, 4.69) is 38.1 Å². The van der Waals surface area contributed by atoms with Crippen LogP contribution >= 0.6 is 15.9 Å². The first kappa shape index (κ1) is 17.8. The normalized spacial score (nSPS) is 14.4. The molecule has 0 N–H and O–H groups in total. The number of anilines is 1. The molecule has 0 atom stereocenters. The van der Waals surface area contributed by atoms with Gasteiger partial charge in [-0.3, -0.25) is 4.79 Å². The van der Waals surface area contributed by atoms with E-state index < -0.39 is 0 Å². The lowest BCUT2D eigenvalue weighted by molar-refractivity contribution is 0.0746. The fraction of sp³-hybridized carbons (Fsp3) is 0.238. The van der Waals surface area contributed by atoms with Gasteiger partial charge in [-0.25, -0.2) is 4.68 Å². The van der Waals surface area contributed by atoms with Crippen LogP contribution in [0.5, 0.6) is 0 Å². The van der Waals surface area contributed by atoms with Crippen molar-refractivity contribution in [1.29, 1.82) is 0 Å². The van der Waals surface area contributed by atoms with Crippen molar-refractivity contribution in [3.8, 4) is 5.69 Å². The van der Waals surface area contributed by atoms with Crippen molar-refractivity contribution in [2.24, 2.45) is 0 Å². The summed E-state index contributed by atoms with van der Waals surface area (Å²) < 4.78 is 2.84. The first-order valence-electron chi connectivity index (χ1n) is 9.03. The minimum atomic E-state index is 0.0589. The molecule has 0 bridgehead atoms. The maximum absolute atomic E-state index is 13.0. The molecule has 1 amide bonds. The minimum Gasteiger partial charge on any atom is -0.368 e. The van der Waals surface area contributed by atoms with Gasteiger partial charge in [0.2, 0.25) is 0 Å². The summed E-state index contributed by atoms with van der Waals surface area (Å²) >= 11 is 3.44. The Labute approximate surface area is 167 Å². The molecule has 138 valence electrons. The third-order valence-corrected chi connectivity index (χ3v) is 5.53. The maximum Gasteiger partial charge on any atom is 0.257 e. The Kier molecular flexibility index (Phi) is 4.99. The Hall–Kier alpha value is -2.60. The summed E-state index contributed by atoms with van der Waals surface area (Å²) in [6.07, 6.45) is 1.68. The van der Waals surface area contributed by atoms with Gasteiger partial charge in [0.1, 0.15) is 0 Å². The quantitative estimate of drug-likeness (QED) is 0.639. The van der Waals surface area contributed by atoms with Gasteiger partial charge in [-0.2, -0.15) is 5.10 Å². The molecule has 2 heterocycles. The Bertz CT molecular complexity index is 929. The van der Waals surface area contributed by atoms with Crippen LogP contribution in [0, 0.1) is 6.92 Å². The van der Waals surface area contributed by atoms with Gasteiger partial charge in [0.15, 0.2) is 0 Å². The number of hydrogen-bond acceptors (Lipinski definition) is 3. The third-order valence-electron chi connectivity index (χ3n) is 5.00. The number of rotatable bonds is 3. The molecule has 5 nitrogen and oxygen atoms in total. The molecule has 4 rings (SSSR count). The zero-order chi connectivity index (χ0) is 18.8. The molecule has 6 heteroatoms. The van der Waals surface area contributed by atoms with Crippen LogP contribution in [0.3, 0.4) is 0 Å². The average Bonchev–Trinajstić information content (AvgIpc) is 3.10. The Balaban J connectivity index is 1.47. The summed E-state index contributed by atoms with van der Waals surface area (Å²) in [5.41, 5.74) is 3.70. The molecule has 1 aromatic heterocycles. The van der Waals surface area contributed by atoms with Crippen molar-refractivity contribution in [1.82, 2.24) is 14.7 Å². The number of carbonyl (C=O) groups excluding carboxylic acids is 1. The minimum absolute atomic E-state index is 0.0589. The molecule has 27 heavy (non-hydrogen) atoms.